The summed E-state index contributed by atoms with van der Waals surface area (Å²) in [7, 11) is 0. The van der Waals surface area contributed by atoms with Crippen LogP contribution in [-0.4, -0.2) is 23.1 Å². The van der Waals surface area contributed by atoms with E-state index in [9.17, 15) is 0 Å². The quantitative estimate of drug-likeness (QED) is 0.877. The molecule has 0 saturated carbocycles. The van der Waals surface area contributed by atoms with E-state index in [-0.39, 0.29) is 5.60 Å². The average Bonchev–Trinajstić information content (AvgIpc) is 2.44. The SMILES string of the molecule is CCCc1nc(C2(C)CCCCO2)nc(NCC)c1Br. The van der Waals surface area contributed by atoms with Crippen molar-refractivity contribution >= 4 is 21.7 Å². The minimum Gasteiger partial charge on any atom is -0.369 e. The third-order valence-electron chi connectivity index (χ3n) is 3.69. The van der Waals surface area contributed by atoms with Gasteiger partial charge in [0.1, 0.15) is 11.4 Å². The molecular weight excluding hydrogens is 318 g/mol. The predicted molar refractivity (Wildman–Crippen MR) is 85.0 cm³/mol. The Morgan fingerprint density at radius 1 is 1.30 bits per heavy atom. The molecule has 1 aromatic heterocycles. The number of rotatable bonds is 5. The standard InChI is InChI=1S/C15H24BrN3O/c1-4-8-11-12(16)13(17-5-2)19-14(18-11)15(3)9-6-7-10-20-15/h4-10H2,1-3H3,(H,17,18,19). The van der Waals surface area contributed by atoms with E-state index in [2.05, 4.69) is 42.0 Å². The Balaban J connectivity index is 2.41. The molecule has 20 heavy (non-hydrogen) atoms. The topological polar surface area (TPSA) is 47.0 Å². The highest BCUT2D eigenvalue weighted by molar-refractivity contribution is 9.10. The maximum atomic E-state index is 5.99. The van der Waals surface area contributed by atoms with Gasteiger partial charge in [-0.25, -0.2) is 9.97 Å². The molecule has 0 spiro atoms. The number of aromatic nitrogens is 2. The monoisotopic (exact) mass is 341 g/mol. The van der Waals surface area contributed by atoms with Crippen molar-refractivity contribution in [3.8, 4) is 0 Å². The second-order valence-electron chi connectivity index (χ2n) is 5.47. The molecule has 1 atom stereocenters. The van der Waals surface area contributed by atoms with Crippen LogP contribution in [0.2, 0.25) is 0 Å². The zero-order chi connectivity index (χ0) is 14.6. The zero-order valence-electron chi connectivity index (χ0n) is 12.6. The molecule has 4 nitrogen and oxygen atoms in total. The molecule has 0 bridgehead atoms. The van der Waals surface area contributed by atoms with Gasteiger partial charge in [0.05, 0.1) is 10.2 Å². The van der Waals surface area contributed by atoms with Gasteiger partial charge in [-0.1, -0.05) is 13.3 Å². The van der Waals surface area contributed by atoms with E-state index in [0.717, 1.165) is 60.6 Å². The zero-order valence-corrected chi connectivity index (χ0v) is 14.2. The molecule has 0 aliphatic carbocycles. The molecule has 5 heteroatoms. The lowest BCUT2D eigenvalue weighted by Crippen LogP contribution is -2.33. The van der Waals surface area contributed by atoms with Crippen LogP contribution >= 0.6 is 15.9 Å². The molecule has 112 valence electrons. The van der Waals surface area contributed by atoms with Gasteiger partial charge in [-0.2, -0.15) is 0 Å². The van der Waals surface area contributed by atoms with Gasteiger partial charge in [0, 0.05) is 13.2 Å². The van der Waals surface area contributed by atoms with Gasteiger partial charge in [0.15, 0.2) is 5.82 Å². The van der Waals surface area contributed by atoms with Gasteiger partial charge < -0.3 is 10.1 Å². The highest BCUT2D eigenvalue weighted by Crippen LogP contribution is 2.35. The smallest absolute Gasteiger partial charge is 0.162 e. The van der Waals surface area contributed by atoms with Gasteiger partial charge >= 0.3 is 0 Å². The summed E-state index contributed by atoms with van der Waals surface area (Å²) in [5.41, 5.74) is 0.731. The van der Waals surface area contributed by atoms with Crippen LogP contribution in [0.5, 0.6) is 0 Å². The predicted octanol–water partition coefficient (Wildman–Crippen LogP) is 4.04. The summed E-state index contributed by atoms with van der Waals surface area (Å²) < 4.78 is 6.98. The van der Waals surface area contributed by atoms with Crippen LogP contribution in [0.25, 0.3) is 0 Å². The van der Waals surface area contributed by atoms with E-state index in [1.165, 1.54) is 6.42 Å². The summed E-state index contributed by atoms with van der Waals surface area (Å²) in [5.74, 6) is 1.70. The van der Waals surface area contributed by atoms with Gasteiger partial charge in [0.2, 0.25) is 0 Å². The molecule has 0 radical (unpaired) electrons. The molecule has 0 aromatic carbocycles. The first-order valence-electron chi connectivity index (χ1n) is 7.55. The van der Waals surface area contributed by atoms with Crippen LogP contribution in [0.3, 0.4) is 0 Å². The summed E-state index contributed by atoms with van der Waals surface area (Å²) in [4.78, 5) is 9.48. The van der Waals surface area contributed by atoms with Gasteiger partial charge in [-0.15, -0.1) is 0 Å². The first-order chi connectivity index (χ1) is 9.60. The fraction of sp³-hybridized carbons (Fsp3) is 0.733. The minimum atomic E-state index is -0.342. The fourth-order valence-electron chi connectivity index (χ4n) is 2.53. The maximum Gasteiger partial charge on any atom is 0.162 e. The molecular formula is C15H24BrN3O. The molecule has 1 N–H and O–H groups in total. The van der Waals surface area contributed by atoms with Crippen molar-refractivity contribution in [1.29, 1.82) is 0 Å². The number of nitrogens with one attached hydrogen (secondary N) is 1. The van der Waals surface area contributed by atoms with E-state index in [0.29, 0.717) is 0 Å². The molecule has 1 aliphatic rings. The van der Waals surface area contributed by atoms with Crippen LogP contribution in [0, 0.1) is 0 Å². The fourth-order valence-corrected chi connectivity index (χ4v) is 3.04. The van der Waals surface area contributed by atoms with Crippen molar-refractivity contribution in [2.24, 2.45) is 0 Å². The number of halogens is 1. The van der Waals surface area contributed by atoms with E-state index >= 15 is 0 Å². The van der Waals surface area contributed by atoms with Crippen LogP contribution in [0.1, 0.15) is 58.0 Å². The van der Waals surface area contributed by atoms with Crippen LogP contribution < -0.4 is 5.32 Å². The van der Waals surface area contributed by atoms with E-state index in [4.69, 9.17) is 14.7 Å². The van der Waals surface area contributed by atoms with Crippen LogP contribution in [0.4, 0.5) is 5.82 Å². The number of hydrogen-bond acceptors (Lipinski definition) is 4. The second-order valence-corrected chi connectivity index (χ2v) is 6.27. The van der Waals surface area contributed by atoms with Crippen LogP contribution in [-0.2, 0) is 16.8 Å². The molecule has 1 fully saturated rings. The van der Waals surface area contributed by atoms with E-state index < -0.39 is 0 Å². The average molecular weight is 342 g/mol. The molecule has 2 heterocycles. The summed E-state index contributed by atoms with van der Waals surface area (Å²) in [6.07, 6.45) is 5.32. The Morgan fingerprint density at radius 2 is 2.10 bits per heavy atom. The Hall–Kier alpha value is -0.680. The first-order valence-corrected chi connectivity index (χ1v) is 8.34. The van der Waals surface area contributed by atoms with Crippen molar-refractivity contribution < 1.29 is 4.74 Å². The summed E-state index contributed by atoms with van der Waals surface area (Å²) in [5, 5.41) is 3.32. The van der Waals surface area contributed by atoms with Crippen molar-refractivity contribution in [2.45, 2.75) is 58.5 Å². The molecule has 0 amide bonds. The molecule has 1 aliphatic heterocycles. The van der Waals surface area contributed by atoms with Crippen molar-refractivity contribution in [1.82, 2.24) is 9.97 Å². The number of nitrogens with zero attached hydrogens (tertiary/aromatic N) is 2. The van der Waals surface area contributed by atoms with Gasteiger partial charge in [-0.05, 0) is 55.5 Å². The molecule has 2 rings (SSSR count). The summed E-state index contributed by atoms with van der Waals surface area (Å²) >= 11 is 3.63. The van der Waals surface area contributed by atoms with Crippen molar-refractivity contribution in [3.05, 3.63) is 16.0 Å². The number of ether oxygens (including phenoxy) is 1. The maximum absolute atomic E-state index is 5.99. The lowest BCUT2D eigenvalue weighted by Gasteiger charge is -2.33. The van der Waals surface area contributed by atoms with Crippen molar-refractivity contribution in [2.75, 3.05) is 18.5 Å². The van der Waals surface area contributed by atoms with Crippen molar-refractivity contribution in [3.63, 3.8) is 0 Å². The number of aryl methyl sites for hydroxylation is 1. The number of anilines is 1. The Bertz CT molecular complexity index is 431. The lowest BCUT2D eigenvalue weighted by atomic mass is 9.95. The van der Waals surface area contributed by atoms with Gasteiger partial charge in [-0.3, -0.25) is 0 Å². The van der Waals surface area contributed by atoms with E-state index in [1.807, 2.05) is 0 Å². The first kappa shape index (κ1) is 15.7. The molecule has 1 saturated heterocycles. The second kappa shape index (κ2) is 6.85. The largest absolute Gasteiger partial charge is 0.369 e. The summed E-state index contributed by atoms with van der Waals surface area (Å²) in [6.45, 7) is 8.00. The lowest BCUT2D eigenvalue weighted by molar-refractivity contribution is -0.0761. The van der Waals surface area contributed by atoms with Gasteiger partial charge in [0.25, 0.3) is 0 Å². The highest BCUT2D eigenvalue weighted by Gasteiger charge is 2.34. The summed E-state index contributed by atoms with van der Waals surface area (Å²) in [6, 6.07) is 0. The molecule has 1 aromatic rings. The Labute approximate surface area is 129 Å². The normalized spacial score (nSPS) is 22.8. The minimum absolute atomic E-state index is 0.342. The third kappa shape index (κ3) is 3.31. The third-order valence-corrected chi connectivity index (χ3v) is 4.53. The van der Waals surface area contributed by atoms with Crippen LogP contribution in [0.15, 0.2) is 4.47 Å². The number of hydrogen-bond donors (Lipinski definition) is 1. The Kier molecular flexibility index (Phi) is 5.38. The van der Waals surface area contributed by atoms with E-state index in [1.54, 1.807) is 0 Å². The highest BCUT2D eigenvalue weighted by atomic mass is 79.9. The molecule has 1 unspecified atom stereocenters. The Morgan fingerprint density at radius 3 is 2.70 bits per heavy atom.